The van der Waals surface area contributed by atoms with Gasteiger partial charge in [0.2, 0.25) is 0 Å². The molecule has 1 aliphatic rings. The molecule has 1 heterocycles. The molecule has 0 aromatic rings. The zero-order valence-electron chi connectivity index (χ0n) is 8.32. The van der Waals surface area contributed by atoms with Crippen LogP contribution in [0.5, 0.6) is 0 Å². The van der Waals surface area contributed by atoms with E-state index in [4.69, 9.17) is 0 Å². The summed E-state index contributed by atoms with van der Waals surface area (Å²) in [5.41, 5.74) is 0. The fraction of sp³-hybridized carbons (Fsp3) is 1.00. The lowest BCUT2D eigenvalue weighted by molar-refractivity contribution is 0.268. The molecule has 1 aliphatic heterocycles. The van der Waals surface area contributed by atoms with E-state index in [0.717, 1.165) is 13.1 Å². The number of nitrogens with zero attached hydrogens (tertiary/aromatic N) is 2. The molecule has 0 radical (unpaired) electrons. The van der Waals surface area contributed by atoms with Gasteiger partial charge in [-0.05, 0) is 6.92 Å². The smallest absolute Gasteiger partial charge is 0.281 e. The van der Waals surface area contributed by atoms with Gasteiger partial charge in [-0.3, -0.25) is 0 Å². The normalized spacial score (nSPS) is 26.6. The van der Waals surface area contributed by atoms with Gasteiger partial charge in [-0.2, -0.15) is 17.0 Å². The summed E-state index contributed by atoms with van der Waals surface area (Å²) in [6.07, 6.45) is 0. The van der Waals surface area contributed by atoms with E-state index in [9.17, 15) is 8.42 Å². The van der Waals surface area contributed by atoms with Gasteiger partial charge in [0.25, 0.3) is 10.2 Å². The van der Waals surface area contributed by atoms with Crippen LogP contribution in [0.15, 0.2) is 0 Å². The summed E-state index contributed by atoms with van der Waals surface area (Å²) in [4.78, 5) is 0. The molecular formula is C7H17N3O2S. The summed E-state index contributed by atoms with van der Waals surface area (Å²) < 4.78 is 26.2. The quantitative estimate of drug-likeness (QED) is 0.637. The summed E-state index contributed by atoms with van der Waals surface area (Å²) in [6, 6.07) is 0.0427. The van der Waals surface area contributed by atoms with Gasteiger partial charge >= 0.3 is 0 Å². The average Bonchev–Trinajstić information content (AvgIpc) is 2.04. The third kappa shape index (κ3) is 2.19. The predicted molar refractivity (Wildman–Crippen MR) is 51.6 cm³/mol. The zero-order valence-corrected chi connectivity index (χ0v) is 9.13. The van der Waals surface area contributed by atoms with Crippen molar-refractivity contribution in [3.8, 4) is 0 Å². The van der Waals surface area contributed by atoms with Crippen LogP contribution in [0.25, 0.3) is 0 Å². The Morgan fingerprint density at radius 3 is 2.54 bits per heavy atom. The van der Waals surface area contributed by atoms with Gasteiger partial charge in [0.05, 0.1) is 0 Å². The second-order valence-electron chi connectivity index (χ2n) is 3.45. The van der Waals surface area contributed by atoms with Crippen LogP contribution in [0.1, 0.15) is 6.92 Å². The Hall–Kier alpha value is -0.170. The third-order valence-corrected chi connectivity index (χ3v) is 4.26. The highest BCUT2D eigenvalue weighted by Gasteiger charge is 2.30. The first-order valence-electron chi connectivity index (χ1n) is 4.36. The lowest BCUT2D eigenvalue weighted by atomic mass is 10.3. The van der Waals surface area contributed by atoms with E-state index in [1.807, 2.05) is 6.92 Å². The topological polar surface area (TPSA) is 52.7 Å². The number of hydrogen-bond donors (Lipinski definition) is 1. The summed E-state index contributed by atoms with van der Waals surface area (Å²) in [5, 5.41) is 3.15. The monoisotopic (exact) mass is 207 g/mol. The van der Waals surface area contributed by atoms with Crippen LogP contribution in [-0.2, 0) is 10.2 Å². The molecule has 1 saturated heterocycles. The average molecular weight is 207 g/mol. The Morgan fingerprint density at radius 1 is 1.46 bits per heavy atom. The second kappa shape index (κ2) is 3.91. The molecule has 1 rings (SSSR count). The van der Waals surface area contributed by atoms with Crippen LogP contribution in [0.2, 0.25) is 0 Å². The van der Waals surface area contributed by atoms with Gasteiger partial charge < -0.3 is 5.32 Å². The molecule has 6 heteroatoms. The molecule has 13 heavy (non-hydrogen) atoms. The Morgan fingerprint density at radius 2 is 2.08 bits per heavy atom. The molecule has 1 N–H and O–H groups in total. The van der Waals surface area contributed by atoms with Gasteiger partial charge in [0.1, 0.15) is 0 Å². The van der Waals surface area contributed by atoms with Crippen molar-refractivity contribution in [2.45, 2.75) is 13.0 Å². The van der Waals surface area contributed by atoms with Crippen LogP contribution in [0.3, 0.4) is 0 Å². The van der Waals surface area contributed by atoms with Crippen molar-refractivity contribution >= 4 is 10.2 Å². The molecule has 0 unspecified atom stereocenters. The molecule has 0 aromatic carbocycles. The molecule has 0 aromatic heterocycles. The van der Waals surface area contributed by atoms with Crippen molar-refractivity contribution in [2.24, 2.45) is 0 Å². The Kier molecular flexibility index (Phi) is 3.28. The standard InChI is InChI=1S/C7H17N3O2S/c1-7-6-8-4-5-10(7)13(11,12)9(2)3/h7-8H,4-6H2,1-3H3/t7-/m1/s1. The molecule has 0 aliphatic carbocycles. The van der Waals surface area contributed by atoms with Gasteiger partial charge in [-0.1, -0.05) is 0 Å². The maximum Gasteiger partial charge on any atom is 0.281 e. The van der Waals surface area contributed by atoms with Gasteiger partial charge in [-0.25, -0.2) is 0 Å². The zero-order chi connectivity index (χ0) is 10.1. The summed E-state index contributed by atoms with van der Waals surface area (Å²) in [6.45, 7) is 3.93. The number of piperazine rings is 1. The molecule has 0 spiro atoms. The molecule has 0 amide bonds. The van der Waals surface area contributed by atoms with E-state index in [-0.39, 0.29) is 6.04 Å². The molecule has 78 valence electrons. The van der Waals surface area contributed by atoms with Crippen molar-refractivity contribution in [1.29, 1.82) is 0 Å². The first kappa shape index (κ1) is 10.9. The largest absolute Gasteiger partial charge is 0.314 e. The maximum atomic E-state index is 11.7. The SMILES string of the molecule is C[C@@H]1CNCCN1S(=O)(=O)N(C)C. The first-order chi connectivity index (χ1) is 5.96. The van der Waals surface area contributed by atoms with Crippen LogP contribution in [-0.4, -0.2) is 56.8 Å². The van der Waals surface area contributed by atoms with Gasteiger partial charge in [0.15, 0.2) is 0 Å². The Labute approximate surface area is 79.9 Å². The van der Waals surface area contributed by atoms with E-state index in [0.29, 0.717) is 6.54 Å². The molecule has 5 nitrogen and oxygen atoms in total. The lowest BCUT2D eigenvalue weighted by Crippen LogP contribution is -2.54. The molecule has 0 saturated carbocycles. The molecule has 1 atom stereocenters. The summed E-state index contributed by atoms with van der Waals surface area (Å²) in [7, 11) is -0.103. The summed E-state index contributed by atoms with van der Waals surface area (Å²) >= 11 is 0. The highest BCUT2D eigenvalue weighted by Crippen LogP contribution is 2.10. The lowest BCUT2D eigenvalue weighted by Gasteiger charge is -2.34. The third-order valence-electron chi connectivity index (χ3n) is 2.20. The van der Waals surface area contributed by atoms with E-state index in [1.54, 1.807) is 14.1 Å². The maximum absolute atomic E-state index is 11.7. The number of nitrogens with one attached hydrogen (secondary N) is 1. The van der Waals surface area contributed by atoms with E-state index >= 15 is 0 Å². The highest BCUT2D eigenvalue weighted by atomic mass is 32.2. The van der Waals surface area contributed by atoms with Crippen LogP contribution < -0.4 is 5.32 Å². The van der Waals surface area contributed by atoms with Crippen LogP contribution in [0, 0.1) is 0 Å². The van der Waals surface area contributed by atoms with Gasteiger partial charge in [-0.15, -0.1) is 0 Å². The molecular weight excluding hydrogens is 190 g/mol. The highest BCUT2D eigenvalue weighted by molar-refractivity contribution is 7.86. The van der Waals surface area contributed by atoms with Crippen molar-refractivity contribution in [2.75, 3.05) is 33.7 Å². The minimum absolute atomic E-state index is 0.0427. The first-order valence-corrected chi connectivity index (χ1v) is 5.76. The fourth-order valence-corrected chi connectivity index (χ4v) is 2.65. The van der Waals surface area contributed by atoms with E-state index in [1.165, 1.54) is 8.61 Å². The van der Waals surface area contributed by atoms with Crippen molar-refractivity contribution < 1.29 is 8.42 Å². The number of hydrogen-bond acceptors (Lipinski definition) is 3. The Balaban J connectivity index is 2.80. The number of rotatable bonds is 2. The minimum Gasteiger partial charge on any atom is -0.314 e. The van der Waals surface area contributed by atoms with Crippen LogP contribution >= 0.6 is 0 Å². The second-order valence-corrected chi connectivity index (χ2v) is 5.55. The van der Waals surface area contributed by atoms with Crippen molar-refractivity contribution in [1.82, 2.24) is 13.9 Å². The molecule has 0 bridgehead atoms. The van der Waals surface area contributed by atoms with Gasteiger partial charge in [0, 0.05) is 39.8 Å². The summed E-state index contributed by atoms with van der Waals surface area (Å²) in [5.74, 6) is 0. The predicted octanol–water partition coefficient (Wildman–Crippen LogP) is -0.913. The van der Waals surface area contributed by atoms with Crippen molar-refractivity contribution in [3.63, 3.8) is 0 Å². The van der Waals surface area contributed by atoms with Crippen molar-refractivity contribution in [3.05, 3.63) is 0 Å². The van der Waals surface area contributed by atoms with E-state index in [2.05, 4.69) is 5.32 Å². The fourth-order valence-electron chi connectivity index (χ4n) is 1.37. The minimum atomic E-state index is -3.22. The Bertz CT molecular complexity index is 263. The van der Waals surface area contributed by atoms with E-state index < -0.39 is 10.2 Å². The molecule has 1 fully saturated rings. The van der Waals surface area contributed by atoms with Crippen LogP contribution in [0.4, 0.5) is 0 Å².